The zero-order chi connectivity index (χ0) is 15.5. The van der Waals surface area contributed by atoms with Crippen LogP contribution in [0.15, 0.2) is 22.0 Å². The number of hydrogen-bond donors (Lipinski definition) is 1. The van der Waals surface area contributed by atoms with Gasteiger partial charge in [0.25, 0.3) is 5.91 Å². The van der Waals surface area contributed by atoms with Gasteiger partial charge in [0.2, 0.25) is 0 Å². The summed E-state index contributed by atoms with van der Waals surface area (Å²) >= 11 is 4.76. The van der Waals surface area contributed by atoms with E-state index in [2.05, 4.69) is 36.1 Å². The van der Waals surface area contributed by atoms with Gasteiger partial charge in [-0.1, -0.05) is 0 Å². The van der Waals surface area contributed by atoms with E-state index < -0.39 is 0 Å². The second-order valence-electron chi connectivity index (χ2n) is 5.29. The highest BCUT2D eigenvalue weighted by Crippen LogP contribution is 2.20. The molecule has 3 heterocycles. The van der Waals surface area contributed by atoms with Crippen molar-refractivity contribution in [2.24, 2.45) is 0 Å². The normalized spacial score (nSPS) is 14.4. The van der Waals surface area contributed by atoms with Crippen molar-refractivity contribution in [1.29, 1.82) is 0 Å². The third-order valence-corrected chi connectivity index (χ3v) is 5.21. The van der Waals surface area contributed by atoms with E-state index in [1.54, 1.807) is 0 Å². The number of halogens is 1. The zero-order valence-electron chi connectivity index (χ0n) is 12.3. The predicted molar refractivity (Wildman–Crippen MR) is 91.4 cm³/mol. The van der Waals surface area contributed by atoms with Crippen LogP contribution in [0.2, 0.25) is 0 Å². The summed E-state index contributed by atoms with van der Waals surface area (Å²) in [6, 6.07) is 3.82. The van der Waals surface area contributed by atoms with E-state index in [-0.39, 0.29) is 5.91 Å². The summed E-state index contributed by atoms with van der Waals surface area (Å²) in [5, 5.41) is 4.77. The summed E-state index contributed by atoms with van der Waals surface area (Å²) in [5.74, 6) is 1.53. The maximum atomic E-state index is 12.1. The third kappa shape index (κ3) is 3.64. The summed E-state index contributed by atoms with van der Waals surface area (Å²) in [7, 11) is 0. The molecule has 22 heavy (non-hydrogen) atoms. The van der Waals surface area contributed by atoms with Crippen LogP contribution in [0.1, 0.15) is 34.0 Å². The standard InChI is InChI=1S/C15H17BrN4OS/c1-10-6-14(20-4-2-3-5-20)19-13(18-10)8-17-15(21)12-7-11(16)9-22-12/h6-7,9H,2-5,8H2,1H3,(H,17,21). The Kier molecular flexibility index (Phi) is 4.73. The molecule has 1 N–H and O–H groups in total. The number of amides is 1. The minimum Gasteiger partial charge on any atom is -0.357 e. The monoisotopic (exact) mass is 380 g/mol. The lowest BCUT2D eigenvalue weighted by molar-refractivity contribution is 0.0954. The van der Waals surface area contributed by atoms with Crippen molar-refractivity contribution in [3.05, 3.63) is 38.4 Å². The molecular weight excluding hydrogens is 364 g/mol. The van der Waals surface area contributed by atoms with Gasteiger partial charge in [0.1, 0.15) is 11.6 Å². The molecule has 2 aromatic rings. The minimum atomic E-state index is -0.0940. The molecule has 0 unspecified atom stereocenters. The second kappa shape index (κ2) is 6.75. The Morgan fingerprint density at radius 1 is 1.36 bits per heavy atom. The van der Waals surface area contributed by atoms with Crippen molar-refractivity contribution in [2.45, 2.75) is 26.3 Å². The molecule has 0 spiro atoms. The molecule has 5 nitrogen and oxygen atoms in total. The molecule has 2 aromatic heterocycles. The largest absolute Gasteiger partial charge is 0.357 e. The first kappa shape index (κ1) is 15.4. The van der Waals surface area contributed by atoms with Crippen molar-refractivity contribution in [1.82, 2.24) is 15.3 Å². The number of anilines is 1. The highest BCUT2D eigenvalue weighted by atomic mass is 79.9. The van der Waals surface area contributed by atoms with Crippen LogP contribution in [-0.4, -0.2) is 29.0 Å². The van der Waals surface area contributed by atoms with Crippen LogP contribution in [0.25, 0.3) is 0 Å². The van der Waals surface area contributed by atoms with Crippen LogP contribution in [0.3, 0.4) is 0 Å². The number of aryl methyl sites for hydroxylation is 1. The zero-order valence-corrected chi connectivity index (χ0v) is 14.7. The molecular formula is C15H17BrN4OS. The fourth-order valence-electron chi connectivity index (χ4n) is 2.48. The van der Waals surface area contributed by atoms with Crippen molar-refractivity contribution >= 4 is 39.0 Å². The topological polar surface area (TPSA) is 58.1 Å². The Morgan fingerprint density at radius 2 is 2.14 bits per heavy atom. The van der Waals surface area contributed by atoms with Gasteiger partial charge >= 0.3 is 0 Å². The number of carbonyl (C=O) groups excluding carboxylic acids is 1. The molecule has 1 aliphatic rings. The SMILES string of the molecule is Cc1cc(N2CCCC2)nc(CNC(=O)c2cc(Br)cs2)n1. The van der Waals surface area contributed by atoms with Gasteiger partial charge in [-0.3, -0.25) is 4.79 Å². The molecule has 0 aromatic carbocycles. The Balaban J connectivity index is 1.68. The molecule has 0 saturated carbocycles. The quantitative estimate of drug-likeness (QED) is 0.884. The fraction of sp³-hybridized carbons (Fsp3) is 0.400. The van der Waals surface area contributed by atoms with E-state index in [0.717, 1.165) is 29.1 Å². The van der Waals surface area contributed by atoms with Crippen LogP contribution in [0, 0.1) is 6.92 Å². The molecule has 1 fully saturated rings. The highest BCUT2D eigenvalue weighted by Gasteiger charge is 2.15. The van der Waals surface area contributed by atoms with Crippen molar-refractivity contribution in [3.63, 3.8) is 0 Å². The number of aromatic nitrogens is 2. The Hall–Kier alpha value is -1.47. The molecule has 1 amide bonds. The van der Waals surface area contributed by atoms with Gasteiger partial charge in [-0.2, -0.15) is 0 Å². The number of nitrogens with one attached hydrogen (secondary N) is 1. The molecule has 1 aliphatic heterocycles. The smallest absolute Gasteiger partial charge is 0.261 e. The average molecular weight is 381 g/mol. The highest BCUT2D eigenvalue weighted by molar-refractivity contribution is 9.10. The summed E-state index contributed by atoms with van der Waals surface area (Å²) in [6.07, 6.45) is 2.42. The van der Waals surface area contributed by atoms with Gasteiger partial charge in [0.15, 0.2) is 0 Å². The number of thiophene rings is 1. The predicted octanol–water partition coefficient (Wildman–Crippen LogP) is 3.14. The average Bonchev–Trinajstić information content (AvgIpc) is 3.15. The van der Waals surface area contributed by atoms with Crippen molar-refractivity contribution in [3.8, 4) is 0 Å². The van der Waals surface area contributed by atoms with E-state index in [0.29, 0.717) is 17.2 Å². The van der Waals surface area contributed by atoms with Gasteiger partial charge in [0.05, 0.1) is 11.4 Å². The first-order chi connectivity index (χ1) is 10.6. The molecule has 7 heteroatoms. The first-order valence-electron chi connectivity index (χ1n) is 7.23. The number of rotatable bonds is 4. The van der Waals surface area contributed by atoms with E-state index in [4.69, 9.17) is 0 Å². The molecule has 0 atom stereocenters. The van der Waals surface area contributed by atoms with E-state index in [9.17, 15) is 4.79 Å². The molecule has 0 bridgehead atoms. The minimum absolute atomic E-state index is 0.0940. The number of nitrogens with zero attached hydrogens (tertiary/aromatic N) is 3. The third-order valence-electron chi connectivity index (χ3n) is 3.52. The van der Waals surface area contributed by atoms with Crippen LogP contribution >= 0.6 is 27.3 Å². The fourth-order valence-corrected chi connectivity index (χ4v) is 3.82. The lowest BCUT2D eigenvalue weighted by Crippen LogP contribution is -2.25. The second-order valence-corrected chi connectivity index (χ2v) is 7.12. The van der Waals surface area contributed by atoms with Gasteiger partial charge in [-0.15, -0.1) is 11.3 Å². The maximum Gasteiger partial charge on any atom is 0.261 e. The molecule has 116 valence electrons. The van der Waals surface area contributed by atoms with E-state index >= 15 is 0 Å². The van der Waals surface area contributed by atoms with Gasteiger partial charge in [-0.25, -0.2) is 9.97 Å². The molecule has 0 radical (unpaired) electrons. The van der Waals surface area contributed by atoms with Crippen molar-refractivity contribution < 1.29 is 4.79 Å². The summed E-state index contributed by atoms with van der Waals surface area (Å²) in [5.41, 5.74) is 0.931. The number of hydrogen-bond acceptors (Lipinski definition) is 5. The Bertz CT molecular complexity index is 682. The van der Waals surface area contributed by atoms with Gasteiger partial charge in [0, 0.05) is 34.7 Å². The maximum absolute atomic E-state index is 12.1. The Morgan fingerprint density at radius 3 is 2.82 bits per heavy atom. The van der Waals surface area contributed by atoms with Crippen molar-refractivity contribution in [2.75, 3.05) is 18.0 Å². The molecule has 0 aliphatic carbocycles. The molecule has 1 saturated heterocycles. The molecule has 3 rings (SSSR count). The van der Waals surface area contributed by atoms with Crippen LogP contribution in [-0.2, 0) is 6.54 Å². The van der Waals surface area contributed by atoms with Crippen LogP contribution < -0.4 is 10.2 Å². The summed E-state index contributed by atoms with van der Waals surface area (Å²) in [4.78, 5) is 24.0. The van der Waals surface area contributed by atoms with Crippen LogP contribution in [0.4, 0.5) is 5.82 Å². The first-order valence-corrected chi connectivity index (χ1v) is 8.91. The van der Waals surface area contributed by atoms with Crippen LogP contribution in [0.5, 0.6) is 0 Å². The van der Waals surface area contributed by atoms with Gasteiger partial charge < -0.3 is 10.2 Å². The van der Waals surface area contributed by atoms with Gasteiger partial charge in [-0.05, 0) is 41.8 Å². The summed E-state index contributed by atoms with van der Waals surface area (Å²) in [6.45, 7) is 4.40. The Labute approximate surface area is 141 Å². The summed E-state index contributed by atoms with van der Waals surface area (Å²) < 4.78 is 0.922. The van der Waals surface area contributed by atoms with E-state index in [1.165, 1.54) is 24.2 Å². The lowest BCUT2D eigenvalue weighted by Gasteiger charge is -2.17. The lowest BCUT2D eigenvalue weighted by atomic mass is 10.3. The van der Waals surface area contributed by atoms with E-state index in [1.807, 2.05) is 24.4 Å². The number of carbonyl (C=O) groups is 1.